The van der Waals surface area contributed by atoms with Crippen LogP contribution in [0.25, 0.3) is 11.4 Å². The molecule has 3 aromatic rings. The summed E-state index contributed by atoms with van der Waals surface area (Å²) in [5, 5.41) is 6.37. The number of nitrogens with one attached hydrogen (secondary N) is 2. The van der Waals surface area contributed by atoms with Crippen molar-refractivity contribution in [2.24, 2.45) is 0 Å². The Morgan fingerprint density at radius 1 is 1.03 bits per heavy atom. The van der Waals surface area contributed by atoms with Crippen molar-refractivity contribution in [1.82, 2.24) is 14.4 Å². The van der Waals surface area contributed by atoms with Gasteiger partial charge in [-0.05, 0) is 43.2 Å². The Morgan fingerprint density at radius 2 is 1.77 bits per heavy atom. The summed E-state index contributed by atoms with van der Waals surface area (Å²) in [7, 11) is -3.65. The summed E-state index contributed by atoms with van der Waals surface area (Å²) in [6.07, 6.45) is 3.73. The first-order valence-electron chi connectivity index (χ1n) is 10.0. The van der Waals surface area contributed by atoms with E-state index in [0.29, 0.717) is 24.3 Å². The van der Waals surface area contributed by atoms with Crippen LogP contribution < -0.4 is 11.1 Å². The van der Waals surface area contributed by atoms with Gasteiger partial charge in [-0.15, -0.1) is 0 Å². The van der Waals surface area contributed by atoms with Crippen molar-refractivity contribution in [3.8, 4) is 11.4 Å². The van der Waals surface area contributed by atoms with E-state index in [4.69, 9.17) is 0 Å². The molecule has 4 rings (SSSR count). The molecular weight excluding hydrogens is 420 g/mol. The van der Waals surface area contributed by atoms with E-state index in [1.54, 1.807) is 36.4 Å². The Balaban J connectivity index is 1.54. The zero-order valence-corrected chi connectivity index (χ0v) is 17.5. The van der Waals surface area contributed by atoms with Crippen LogP contribution in [0.2, 0.25) is 0 Å². The highest BCUT2D eigenvalue weighted by Crippen LogP contribution is 2.22. The summed E-state index contributed by atoms with van der Waals surface area (Å²) < 4.78 is 32.1. The summed E-state index contributed by atoms with van der Waals surface area (Å²) in [5.41, 5.74) is 1.25. The van der Waals surface area contributed by atoms with E-state index in [-0.39, 0.29) is 16.3 Å². The monoisotopic (exact) mass is 442 g/mol. The van der Waals surface area contributed by atoms with Gasteiger partial charge in [-0.2, -0.15) is 4.31 Å². The molecule has 2 aromatic carbocycles. The summed E-state index contributed by atoms with van der Waals surface area (Å²) in [6.45, 7) is 0.991. The van der Waals surface area contributed by atoms with Gasteiger partial charge in [-0.25, -0.2) is 13.2 Å². The molecule has 1 aromatic heterocycles. The molecule has 0 unspecified atom stereocenters. The van der Waals surface area contributed by atoms with Crippen LogP contribution in [-0.2, 0) is 10.0 Å². The van der Waals surface area contributed by atoms with Crippen molar-refractivity contribution in [1.29, 1.82) is 0 Å². The maximum absolute atomic E-state index is 13.0. The van der Waals surface area contributed by atoms with Gasteiger partial charge >= 0.3 is 5.76 Å². The minimum atomic E-state index is -3.65. The molecule has 0 radical (unpaired) electrons. The SMILES string of the molecule is O=C(Nc1cccc(-c2noc(=O)[nH]2)c1)c1cccc(S(=O)(=O)N2CCCCCC2)c1. The molecule has 0 atom stereocenters. The van der Waals surface area contributed by atoms with Crippen LogP contribution >= 0.6 is 0 Å². The van der Waals surface area contributed by atoms with E-state index in [0.717, 1.165) is 25.7 Å². The normalized spacial score (nSPS) is 15.4. The molecule has 2 heterocycles. The van der Waals surface area contributed by atoms with Gasteiger partial charge < -0.3 is 5.32 Å². The van der Waals surface area contributed by atoms with Crippen molar-refractivity contribution < 1.29 is 17.7 Å². The van der Waals surface area contributed by atoms with Gasteiger partial charge in [0.1, 0.15) is 0 Å². The molecule has 1 amide bonds. The maximum Gasteiger partial charge on any atom is 0.439 e. The molecule has 1 fully saturated rings. The molecule has 1 saturated heterocycles. The highest BCUT2D eigenvalue weighted by Gasteiger charge is 2.25. The number of nitrogens with zero attached hydrogens (tertiary/aromatic N) is 2. The third-order valence-electron chi connectivity index (χ3n) is 5.13. The predicted octanol–water partition coefficient (Wildman–Crippen LogP) is 2.85. The second kappa shape index (κ2) is 8.86. The molecular formula is C21H22N4O5S. The van der Waals surface area contributed by atoms with E-state index in [1.807, 2.05) is 0 Å². The fraction of sp³-hybridized carbons (Fsp3) is 0.286. The van der Waals surface area contributed by atoms with E-state index in [2.05, 4.69) is 20.0 Å². The molecule has 2 N–H and O–H groups in total. The van der Waals surface area contributed by atoms with Crippen molar-refractivity contribution in [3.05, 3.63) is 64.6 Å². The Bertz CT molecular complexity index is 1240. The summed E-state index contributed by atoms with van der Waals surface area (Å²) in [5.74, 6) is -0.878. The molecule has 1 aliphatic rings. The molecule has 162 valence electrons. The lowest BCUT2D eigenvalue weighted by Crippen LogP contribution is -2.32. The fourth-order valence-electron chi connectivity index (χ4n) is 3.53. The van der Waals surface area contributed by atoms with Crippen LogP contribution in [0.5, 0.6) is 0 Å². The number of carbonyl (C=O) groups excluding carboxylic acids is 1. The molecule has 0 spiro atoms. The predicted molar refractivity (Wildman–Crippen MR) is 114 cm³/mol. The maximum atomic E-state index is 13.0. The van der Waals surface area contributed by atoms with Crippen LogP contribution in [0.15, 0.2) is 62.7 Å². The van der Waals surface area contributed by atoms with Gasteiger partial charge in [-0.3, -0.25) is 14.3 Å². The van der Waals surface area contributed by atoms with E-state index < -0.39 is 21.7 Å². The fourth-order valence-corrected chi connectivity index (χ4v) is 5.09. The number of amides is 1. The van der Waals surface area contributed by atoms with Crippen LogP contribution in [0.3, 0.4) is 0 Å². The number of sulfonamides is 1. The number of benzene rings is 2. The van der Waals surface area contributed by atoms with E-state index >= 15 is 0 Å². The van der Waals surface area contributed by atoms with Crippen LogP contribution in [-0.4, -0.2) is 41.9 Å². The van der Waals surface area contributed by atoms with Gasteiger partial charge in [0.2, 0.25) is 10.0 Å². The van der Waals surface area contributed by atoms with Gasteiger partial charge in [-0.1, -0.05) is 36.2 Å². The van der Waals surface area contributed by atoms with Crippen LogP contribution in [0.4, 0.5) is 5.69 Å². The number of aromatic amines is 1. The molecule has 31 heavy (non-hydrogen) atoms. The Kier molecular flexibility index (Phi) is 6.01. The first-order chi connectivity index (χ1) is 14.9. The quantitative estimate of drug-likeness (QED) is 0.626. The first-order valence-corrected chi connectivity index (χ1v) is 11.5. The number of hydrogen-bond donors (Lipinski definition) is 2. The lowest BCUT2D eigenvalue weighted by Gasteiger charge is -2.20. The van der Waals surface area contributed by atoms with Gasteiger partial charge in [0.15, 0.2) is 5.82 Å². The molecule has 0 saturated carbocycles. The Labute approximate surface area is 179 Å². The summed E-state index contributed by atoms with van der Waals surface area (Å²) >= 11 is 0. The third kappa shape index (κ3) is 4.75. The molecule has 0 aliphatic carbocycles. The average Bonchev–Trinajstić information content (AvgIpc) is 3.02. The third-order valence-corrected chi connectivity index (χ3v) is 7.03. The van der Waals surface area contributed by atoms with Crippen LogP contribution in [0, 0.1) is 0 Å². The van der Waals surface area contributed by atoms with Gasteiger partial charge in [0.25, 0.3) is 5.91 Å². The zero-order valence-electron chi connectivity index (χ0n) is 16.7. The van der Waals surface area contributed by atoms with E-state index in [1.165, 1.54) is 16.4 Å². The Hall–Kier alpha value is -3.24. The van der Waals surface area contributed by atoms with Crippen molar-refractivity contribution in [2.45, 2.75) is 30.6 Å². The minimum Gasteiger partial charge on any atom is -0.322 e. The smallest absolute Gasteiger partial charge is 0.322 e. The van der Waals surface area contributed by atoms with Crippen molar-refractivity contribution >= 4 is 21.6 Å². The average molecular weight is 442 g/mol. The van der Waals surface area contributed by atoms with Crippen LogP contribution in [0.1, 0.15) is 36.0 Å². The van der Waals surface area contributed by atoms with E-state index in [9.17, 15) is 18.0 Å². The van der Waals surface area contributed by atoms with Crippen molar-refractivity contribution in [2.75, 3.05) is 18.4 Å². The second-order valence-electron chi connectivity index (χ2n) is 7.32. The standard InChI is InChI=1S/C21H22N4O5S/c26-20(22-17-9-5-7-15(13-17)19-23-21(27)30-24-19)16-8-6-10-18(14-16)31(28,29)25-11-3-1-2-4-12-25/h5-10,13-14H,1-4,11-12H2,(H,22,26)(H,23,24,27). The molecule has 0 bridgehead atoms. The highest BCUT2D eigenvalue weighted by molar-refractivity contribution is 7.89. The molecule has 9 nitrogen and oxygen atoms in total. The van der Waals surface area contributed by atoms with Gasteiger partial charge in [0.05, 0.1) is 4.90 Å². The first kappa shape index (κ1) is 21.0. The number of aromatic nitrogens is 2. The molecule has 10 heteroatoms. The number of H-pyrrole nitrogens is 1. The lowest BCUT2D eigenvalue weighted by molar-refractivity contribution is 0.102. The number of hydrogen-bond acceptors (Lipinski definition) is 6. The Morgan fingerprint density at radius 3 is 2.48 bits per heavy atom. The zero-order chi connectivity index (χ0) is 21.8. The topological polar surface area (TPSA) is 125 Å². The summed E-state index contributed by atoms with van der Waals surface area (Å²) in [6, 6.07) is 12.7. The lowest BCUT2D eigenvalue weighted by atomic mass is 10.1. The summed E-state index contributed by atoms with van der Waals surface area (Å²) in [4.78, 5) is 26.5. The molecule has 1 aliphatic heterocycles. The minimum absolute atomic E-state index is 0.107. The number of carbonyl (C=O) groups is 1. The van der Waals surface area contributed by atoms with Gasteiger partial charge in [0, 0.05) is 29.9 Å². The number of rotatable bonds is 5. The largest absolute Gasteiger partial charge is 0.439 e. The second-order valence-corrected chi connectivity index (χ2v) is 9.26. The highest BCUT2D eigenvalue weighted by atomic mass is 32.2. The number of anilines is 1. The van der Waals surface area contributed by atoms with Crippen molar-refractivity contribution in [3.63, 3.8) is 0 Å².